The van der Waals surface area contributed by atoms with Crippen LogP contribution in [0.3, 0.4) is 0 Å². The molecule has 0 amide bonds. The highest BCUT2D eigenvalue weighted by Crippen LogP contribution is 2.32. The van der Waals surface area contributed by atoms with Crippen molar-refractivity contribution in [2.24, 2.45) is 5.92 Å². The number of non-ortho nitro benzene ring substituents is 1. The van der Waals surface area contributed by atoms with Gasteiger partial charge in [-0.1, -0.05) is 18.5 Å². The summed E-state index contributed by atoms with van der Waals surface area (Å²) < 4.78 is 0. The molecular weight excluding hydrogens is 256 g/mol. The third kappa shape index (κ3) is 2.57. The fraction of sp³-hybridized carbons (Fsp3) is 0.500. The Labute approximate surface area is 110 Å². The number of hydrogen-bond acceptors (Lipinski definition) is 4. The third-order valence-corrected chi connectivity index (χ3v) is 3.65. The van der Waals surface area contributed by atoms with Gasteiger partial charge in [0.2, 0.25) is 0 Å². The van der Waals surface area contributed by atoms with Gasteiger partial charge in [0, 0.05) is 25.2 Å². The topological polar surface area (TPSA) is 66.6 Å². The molecule has 0 radical (unpaired) electrons. The first-order valence-corrected chi connectivity index (χ1v) is 6.24. The van der Waals surface area contributed by atoms with E-state index in [9.17, 15) is 15.2 Å². The largest absolute Gasteiger partial charge is 0.393 e. The summed E-state index contributed by atoms with van der Waals surface area (Å²) in [5, 5.41) is 20.7. The molecule has 1 aromatic carbocycles. The van der Waals surface area contributed by atoms with Crippen LogP contribution in [-0.4, -0.2) is 29.2 Å². The number of rotatable bonds is 2. The van der Waals surface area contributed by atoms with E-state index in [1.807, 2.05) is 6.92 Å². The molecule has 98 valence electrons. The Morgan fingerprint density at radius 1 is 1.56 bits per heavy atom. The molecule has 2 unspecified atom stereocenters. The molecule has 1 aromatic rings. The van der Waals surface area contributed by atoms with Crippen molar-refractivity contribution in [3.8, 4) is 0 Å². The maximum absolute atomic E-state index is 10.6. The van der Waals surface area contributed by atoms with Crippen molar-refractivity contribution in [1.29, 1.82) is 0 Å². The zero-order valence-corrected chi connectivity index (χ0v) is 10.8. The fourth-order valence-corrected chi connectivity index (χ4v) is 2.51. The molecule has 1 aliphatic rings. The summed E-state index contributed by atoms with van der Waals surface area (Å²) in [5.74, 6) is 0.171. The van der Waals surface area contributed by atoms with E-state index in [2.05, 4.69) is 4.90 Å². The Morgan fingerprint density at radius 2 is 2.28 bits per heavy atom. The maximum atomic E-state index is 10.6. The summed E-state index contributed by atoms with van der Waals surface area (Å²) in [4.78, 5) is 12.2. The SMILES string of the molecule is CC1CN(c2ccc([N+](=O)[O-])cc2Cl)CCC1O. The van der Waals surface area contributed by atoms with E-state index in [0.717, 1.165) is 5.69 Å². The van der Waals surface area contributed by atoms with Gasteiger partial charge in [-0.3, -0.25) is 10.1 Å². The average molecular weight is 271 g/mol. The van der Waals surface area contributed by atoms with E-state index < -0.39 is 4.92 Å². The monoisotopic (exact) mass is 270 g/mol. The van der Waals surface area contributed by atoms with Crippen molar-refractivity contribution in [3.05, 3.63) is 33.3 Å². The minimum atomic E-state index is -0.460. The highest BCUT2D eigenvalue weighted by Gasteiger charge is 2.25. The van der Waals surface area contributed by atoms with E-state index in [-0.39, 0.29) is 17.7 Å². The molecule has 0 saturated carbocycles. The highest BCUT2D eigenvalue weighted by molar-refractivity contribution is 6.33. The van der Waals surface area contributed by atoms with Crippen LogP contribution < -0.4 is 4.90 Å². The second-order valence-corrected chi connectivity index (χ2v) is 5.08. The standard InChI is InChI=1S/C12H15ClN2O3/c1-8-7-14(5-4-12(8)16)11-3-2-9(15(17)18)6-10(11)13/h2-3,6,8,12,16H,4-5,7H2,1H3. The Hall–Kier alpha value is -1.33. The number of hydrogen-bond donors (Lipinski definition) is 1. The van der Waals surface area contributed by atoms with Crippen molar-refractivity contribution in [2.75, 3.05) is 18.0 Å². The second kappa shape index (κ2) is 5.12. The molecule has 1 aliphatic heterocycles. The molecule has 5 nitrogen and oxygen atoms in total. The normalized spacial score (nSPS) is 24.1. The quantitative estimate of drug-likeness (QED) is 0.662. The van der Waals surface area contributed by atoms with Crippen molar-refractivity contribution in [2.45, 2.75) is 19.4 Å². The fourth-order valence-electron chi connectivity index (χ4n) is 2.22. The van der Waals surface area contributed by atoms with Gasteiger partial charge in [0.05, 0.1) is 21.7 Å². The molecule has 0 aliphatic carbocycles. The van der Waals surface area contributed by atoms with Gasteiger partial charge in [-0.2, -0.15) is 0 Å². The first kappa shape index (κ1) is 13.1. The van der Waals surface area contributed by atoms with Crippen molar-refractivity contribution >= 4 is 23.0 Å². The zero-order valence-electron chi connectivity index (χ0n) is 10.0. The molecule has 0 aromatic heterocycles. The van der Waals surface area contributed by atoms with Crippen LogP contribution in [0.1, 0.15) is 13.3 Å². The summed E-state index contributed by atoms with van der Waals surface area (Å²) in [7, 11) is 0. The Morgan fingerprint density at radius 3 is 2.83 bits per heavy atom. The summed E-state index contributed by atoms with van der Waals surface area (Å²) >= 11 is 6.08. The summed E-state index contributed by atoms with van der Waals surface area (Å²) in [6, 6.07) is 4.49. The van der Waals surface area contributed by atoms with Crippen LogP contribution in [-0.2, 0) is 0 Å². The number of anilines is 1. The van der Waals surface area contributed by atoms with Crippen molar-refractivity contribution < 1.29 is 10.0 Å². The number of piperidine rings is 1. The Balaban J connectivity index is 2.21. The molecule has 1 saturated heterocycles. The van der Waals surface area contributed by atoms with Gasteiger partial charge in [0.25, 0.3) is 5.69 Å². The van der Waals surface area contributed by atoms with Crippen LogP contribution in [0.25, 0.3) is 0 Å². The van der Waals surface area contributed by atoms with Crippen LogP contribution in [0, 0.1) is 16.0 Å². The minimum absolute atomic E-state index is 0.00570. The summed E-state index contributed by atoms with van der Waals surface area (Å²) in [6.07, 6.45) is 0.409. The molecule has 2 atom stereocenters. The first-order valence-electron chi connectivity index (χ1n) is 5.86. The van der Waals surface area contributed by atoms with Gasteiger partial charge in [0.15, 0.2) is 0 Å². The third-order valence-electron chi connectivity index (χ3n) is 3.34. The number of aliphatic hydroxyl groups excluding tert-OH is 1. The molecule has 1 N–H and O–H groups in total. The Bertz CT molecular complexity index is 467. The van der Waals surface area contributed by atoms with E-state index in [1.54, 1.807) is 6.07 Å². The maximum Gasteiger partial charge on any atom is 0.271 e. The lowest BCUT2D eigenvalue weighted by Gasteiger charge is -2.36. The van der Waals surface area contributed by atoms with Gasteiger partial charge in [-0.15, -0.1) is 0 Å². The number of nitro groups is 1. The van der Waals surface area contributed by atoms with E-state index >= 15 is 0 Å². The number of halogens is 1. The molecule has 2 rings (SSSR count). The van der Waals surface area contributed by atoms with Crippen LogP contribution in [0.5, 0.6) is 0 Å². The molecule has 18 heavy (non-hydrogen) atoms. The number of nitrogens with zero attached hydrogens (tertiary/aromatic N) is 2. The van der Waals surface area contributed by atoms with E-state index in [0.29, 0.717) is 24.5 Å². The smallest absolute Gasteiger partial charge is 0.271 e. The van der Waals surface area contributed by atoms with Crippen molar-refractivity contribution in [3.63, 3.8) is 0 Å². The average Bonchev–Trinajstić information content (AvgIpc) is 2.32. The molecular formula is C12H15ClN2O3. The van der Waals surface area contributed by atoms with Crippen LogP contribution in [0.15, 0.2) is 18.2 Å². The predicted molar refractivity (Wildman–Crippen MR) is 70.1 cm³/mol. The summed E-state index contributed by atoms with van der Waals surface area (Å²) in [6.45, 7) is 3.40. The second-order valence-electron chi connectivity index (χ2n) is 4.67. The molecule has 0 spiro atoms. The van der Waals surface area contributed by atoms with Gasteiger partial charge < -0.3 is 10.0 Å². The lowest BCUT2D eigenvalue weighted by molar-refractivity contribution is -0.384. The molecule has 6 heteroatoms. The van der Waals surface area contributed by atoms with Crippen LogP contribution in [0.2, 0.25) is 5.02 Å². The lowest BCUT2D eigenvalue weighted by Crippen LogP contribution is -2.42. The predicted octanol–water partition coefficient (Wildman–Crippen LogP) is 2.46. The van der Waals surface area contributed by atoms with Gasteiger partial charge in [-0.25, -0.2) is 0 Å². The number of nitro benzene ring substituents is 1. The zero-order chi connectivity index (χ0) is 13.3. The molecule has 1 fully saturated rings. The Kier molecular flexibility index (Phi) is 3.73. The number of aliphatic hydroxyl groups is 1. The first-order chi connectivity index (χ1) is 8.49. The molecule has 0 bridgehead atoms. The van der Waals surface area contributed by atoms with Crippen LogP contribution in [0.4, 0.5) is 11.4 Å². The van der Waals surface area contributed by atoms with Crippen LogP contribution >= 0.6 is 11.6 Å². The summed E-state index contributed by atoms with van der Waals surface area (Å²) in [5.41, 5.74) is 0.787. The lowest BCUT2D eigenvalue weighted by atomic mass is 9.96. The highest BCUT2D eigenvalue weighted by atomic mass is 35.5. The number of benzene rings is 1. The molecule has 1 heterocycles. The van der Waals surface area contributed by atoms with Crippen molar-refractivity contribution in [1.82, 2.24) is 0 Å². The van der Waals surface area contributed by atoms with Gasteiger partial charge in [-0.05, 0) is 18.4 Å². The van der Waals surface area contributed by atoms with E-state index in [4.69, 9.17) is 11.6 Å². The van der Waals surface area contributed by atoms with Gasteiger partial charge in [0.1, 0.15) is 0 Å². The minimum Gasteiger partial charge on any atom is -0.393 e. The van der Waals surface area contributed by atoms with Gasteiger partial charge >= 0.3 is 0 Å². The van der Waals surface area contributed by atoms with E-state index in [1.165, 1.54) is 12.1 Å².